The maximum atomic E-state index is 12.8. The summed E-state index contributed by atoms with van der Waals surface area (Å²) in [5.74, 6) is -1.61. The number of hydrogen-bond donors (Lipinski definition) is 2. The van der Waals surface area contributed by atoms with Gasteiger partial charge in [-0.3, -0.25) is 9.59 Å². The van der Waals surface area contributed by atoms with Crippen molar-refractivity contribution < 1.29 is 32.3 Å². The Hall–Kier alpha value is -2.53. The average molecular weight is 458 g/mol. The number of hydrogen-bond acceptors (Lipinski definition) is 6. The number of benzene rings is 1. The molecule has 1 aromatic heterocycles. The predicted octanol–water partition coefficient (Wildman–Crippen LogP) is 4.69. The minimum absolute atomic E-state index is 0.0648. The molecule has 1 aliphatic heterocycles. The summed E-state index contributed by atoms with van der Waals surface area (Å²) < 4.78 is 43.5. The number of thiophene rings is 1. The molecular formula is C19H17F3N2O4S2. The highest BCUT2D eigenvalue weighted by Crippen LogP contribution is 2.40. The summed E-state index contributed by atoms with van der Waals surface area (Å²) >= 11 is 2.22. The van der Waals surface area contributed by atoms with Crippen molar-refractivity contribution in [3.63, 3.8) is 0 Å². The smallest absolute Gasteiger partial charge is 0.416 e. The van der Waals surface area contributed by atoms with Crippen molar-refractivity contribution in [2.24, 2.45) is 0 Å². The van der Waals surface area contributed by atoms with E-state index >= 15 is 0 Å². The minimum Gasteiger partial charge on any atom is -0.462 e. The summed E-state index contributed by atoms with van der Waals surface area (Å²) in [5.41, 5.74) is -0.564. The number of rotatable bonds is 5. The van der Waals surface area contributed by atoms with Crippen molar-refractivity contribution in [1.29, 1.82) is 0 Å². The molecule has 11 heteroatoms. The number of carbonyl (C=O) groups excluding carboxylic acids is 3. The molecule has 0 radical (unpaired) electrons. The molecule has 30 heavy (non-hydrogen) atoms. The fourth-order valence-electron chi connectivity index (χ4n) is 2.77. The molecule has 2 N–H and O–H groups in total. The molecule has 2 amide bonds. The number of amides is 2. The molecule has 0 aliphatic carbocycles. The molecule has 160 valence electrons. The Morgan fingerprint density at radius 1 is 1.27 bits per heavy atom. The van der Waals surface area contributed by atoms with Gasteiger partial charge in [0, 0.05) is 16.2 Å². The van der Waals surface area contributed by atoms with E-state index in [1.165, 1.54) is 17.4 Å². The number of nitrogens with one attached hydrogen (secondary N) is 2. The van der Waals surface area contributed by atoms with Crippen molar-refractivity contribution in [3.05, 3.63) is 40.3 Å². The van der Waals surface area contributed by atoms with Crippen molar-refractivity contribution >= 4 is 51.6 Å². The zero-order valence-electron chi connectivity index (χ0n) is 15.9. The van der Waals surface area contributed by atoms with Gasteiger partial charge in [0.1, 0.15) is 5.00 Å². The third-order valence-corrected chi connectivity index (χ3v) is 6.34. The molecule has 0 fully saturated rings. The third kappa shape index (κ3) is 4.96. The fourth-order valence-corrected chi connectivity index (χ4v) is 4.78. The van der Waals surface area contributed by atoms with Crippen LogP contribution in [-0.2, 0) is 20.5 Å². The van der Waals surface area contributed by atoms with E-state index in [1.807, 2.05) is 0 Å². The highest BCUT2D eigenvalue weighted by molar-refractivity contribution is 8.01. The van der Waals surface area contributed by atoms with E-state index in [-0.39, 0.29) is 24.3 Å². The number of carbonyl (C=O) groups is 3. The standard InChI is InChI=1S/C19H17F3N2O4S2/c1-3-28-18(27)11-6-9(2)29-17(11)24-15(25)8-14-16(26)23-12-7-10(19(20,21)22)4-5-13(12)30-14/h4-7,14H,3,8H2,1-2H3,(H,23,26)(H,24,25)/t14-/m1/s1. The van der Waals surface area contributed by atoms with Gasteiger partial charge < -0.3 is 15.4 Å². The van der Waals surface area contributed by atoms with Gasteiger partial charge >= 0.3 is 12.1 Å². The van der Waals surface area contributed by atoms with Crippen LogP contribution in [0.5, 0.6) is 0 Å². The first kappa shape index (κ1) is 22.2. The van der Waals surface area contributed by atoms with Crippen LogP contribution in [0.4, 0.5) is 23.9 Å². The maximum Gasteiger partial charge on any atom is 0.416 e. The molecule has 6 nitrogen and oxygen atoms in total. The lowest BCUT2D eigenvalue weighted by atomic mass is 10.1. The maximum absolute atomic E-state index is 12.8. The molecule has 3 rings (SSSR count). The lowest BCUT2D eigenvalue weighted by Gasteiger charge is -2.24. The topological polar surface area (TPSA) is 84.5 Å². The number of ether oxygens (including phenoxy) is 1. The number of thioether (sulfide) groups is 1. The van der Waals surface area contributed by atoms with E-state index in [0.29, 0.717) is 9.90 Å². The molecule has 0 bridgehead atoms. The Morgan fingerprint density at radius 3 is 2.67 bits per heavy atom. The monoisotopic (exact) mass is 458 g/mol. The lowest BCUT2D eigenvalue weighted by Crippen LogP contribution is -2.32. The number of anilines is 2. The predicted molar refractivity (Wildman–Crippen MR) is 108 cm³/mol. The van der Waals surface area contributed by atoms with Crippen LogP contribution in [0, 0.1) is 6.92 Å². The van der Waals surface area contributed by atoms with Crippen LogP contribution in [0.2, 0.25) is 0 Å². The first-order chi connectivity index (χ1) is 14.1. The van der Waals surface area contributed by atoms with Crippen molar-refractivity contribution in [2.45, 2.75) is 36.6 Å². The number of fused-ring (bicyclic) bond motifs is 1. The minimum atomic E-state index is -4.52. The Balaban J connectivity index is 1.70. The van der Waals surface area contributed by atoms with Crippen LogP contribution >= 0.6 is 23.1 Å². The van der Waals surface area contributed by atoms with Gasteiger partial charge in [-0.15, -0.1) is 23.1 Å². The quantitative estimate of drug-likeness (QED) is 0.635. The van der Waals surface area contributed by atoms with Crippen LogP contribution in [-0.4, -0.2) is 29.6 Å². The van der Waals surface area contributed by atoms with E-state index < -0.39 is 34.8 Å². The molecule has 0 saturated heterocycles. The molecule has 0 spiro atoms. The van der Waals surface area contributed by atoms with Gasteiger partial charge in [-0.1, -0.05) is 0 Å². The summed E-state index contributed by atoms with van der Waals surface area (Å²) in [4.78, 5) is 38.0. The normalized spacial score (nSPS) is 15.9. The molecule has 0 unspecified atom stereocenters. The van der Waals surface area contributed by atoms with E-state index in [4.69, 9.17) is 4.74 Å². The van der Waals surface area contributed by atoms with Crippen LogP contribution < -0.4 is 10.6 Å². The van der Waals surface area contributed by atoms with Gasteiger partial charge in [-0.2, -0.15) is 13.2 Å². The Labute approximate surface area is 178 Å². The Kier molecular flexibility index (Phi) is 6.41. The molecule has 1 atom stereocenters. The highest BCUT2D eigenvalue weighted by atomic mass is 32.2. The van der Waals surface area contributed by atoms with E-state index in [9.17, 15) is 27.6 Å². The van der Waals surface area contributed by atoms with Crippen molar-refractivity contribution in [1.82, 2.24) is 0 Å². The van der Waals surface area contributed by atoms with Crippen LogP contribution in [0.3, 0.4) is 0 Å². The Morgan fingerprint density at radius 2 is 2.00 bits per heavy atom. The largest absolute Gasteiger partial charge is 0.462 e. The third-order valence-electron chi connectivity index (χ3n) is 4.10. The second kappa shape index (κ2) is 8.68. The molecule has 2 heterocycles. The summed E-state index contributed by atoms with van der Waals surface area (Å²) in [6, 6.07) is 4.68. The van der Waals surface area contributed by atoms with Gasteiger partial charge in [0.25, 0.3) is 0 Å². The summed E-state index contributed by atoms with van der Waals surface area (Å²) in [6.45, 7) is 3.64. The summed E-state index contributed by atoms with van der Waals surface area (Å²) in [7, 11) is 0. The lowest BCUT2D eigenvalue weighted by molar-refractivity contribution is -0.137. The van der Waals surface area contributed by atoms with Crippen LogP contribution in [0.25, 0.3) is 0 Å². The van der Waals surface area contributed by atoms with Crippen molar-refractivity contribution in [3.8, 4) is 0 Å². The number of aryl methyl sites for hydroxylation is 1. The van der Waals surface area contributed by atoms with E-state index in [2.05, 4.69) is 10.6 Å². The number of alkyl halides is 3. The fraction of sp³-hybridized carbons (Fsp3) is 0.316. The zero-order chi connectivity index (χ0) is 22.1. The zero-order valence-corrected chi connectivity index (χ0v) is 17.5. The van der Waals surface area contributed by atoms with E-state index in [0.717, 1.165) is 28.8 Å². The van der Waals surface area contributed by atoms with Gasteiger partial charge in [0.05, 0.1) is 28.7 Å². The number of esters is 1. The van der Waals surface area contributed by atoms with Gasteiger partial charge in [0.15, 0.2) is 0 Å². The number of halogens is 3. The molecule has 2 aromatic rings. The van der Waals surface area contributed by atoms with Gasteiger partial charge in [0.2, 0.25) is 11.8 Å². The second-order valence-corrected chi connectivity index (χ2v) is 8.88. The van der Waals surface area contributed by atoms with Crippen LogP contribution in [0.15, 0.2) is 29.2 Å². The molecule has 1 aliphatic rings. The Bertz CT molecular complexity index is 1000. The van der Waals surface area contributed by atoms with Gasteiger partial charge in [-0.05, 0) is 38.1 Å². The summed E-state index contributed by atoms with van der Waals surface area (Å²) in [6.07, 6.45) is -4.73. The van der Waals surface area contributed by atoms with E-state index in [1.54, 1.807) is 19.9 Å². The molecular weight excluding hydrogens is 441 g/mol. The average Bonchev–Trinajstić information content (AvgIpc) is 3.01. The molecule has 1 aromatic carbocycles. The van der Waals surface area contributed by atoms with Crippen molar-refractivity contribution in [2.75, 3.05) is 17.2 Å². The first-order valence-corrected chi connectivity index (χ1v) is 10.5. The SMILES string of the molecule is CCOC(=O)c1cc(C)sc1NC(=O)C[C@H]1Sc2ccc(C(F)(F)F)cc2NC1=O. The van der Waals surface area contributed by atoms with Crippen LogP contribution in [0.1, 0.15) is 34.1 Å². The second-order valence-electron chi connectivity index (χ2n) is 6.38. The summed E-state index contributed by atoms with van der Waals surface area (Å²) in [5, 5.41) is 4.57. The molecule has 0 saturated carbocycles. The highest BCUT2D eigenvalue weighted by Gasteiger charge is 2.34. The first-order valence-electron chi connectivity index (χ1n) is 8.84. The van der Waals surface area contributed by atoms with Gasteiger partial charge in [-0.25, -0.2) is 4.79 Å².